The number of aromatic nitrogens is 1. The van der Waals surface area contributed by atoms with E-state index in [4.69, 9.17) is 9.47 Å². The number of aromatic amines is 1. The number of phenols is 3. The van der Waals surface area contributed by atoms with E-state index in [-0.39, 0.29) is 47.7 Å². The summed E-state index contributed by atoms with van der Waals surface area (Å²) in [5.74, 6) is -1.21. The van der Waals surface area contributed by atoms with Crippen LogP contribution in [0.3, 0.4) is 0 Å². The molecular formula is C49H52N2O7. The third kappa shape index (κ3) is 8.19. The molecule has 9 heteroatoms. The number of aliphatic hydroxyl groups excluding tert-OH is 1. The Morgan fingerprint density at radius 2 is 1.64 bits per heavy atom. The number of phenolic OH excluding ortho intramolecular Hbond substituents is 3. The van der Waals surface area contributed by atoms with Gasteiger partial charge in [0.2, 0.25) is 0 Å². The number of carbonyl (C=O) groups excluding carboxylic acids is 1. The molecule has 6 N–H and O–H groups in total. The van der Waals surface area contributed by atoms with Crippen LogP contribution in [0.5, 0.6) is 28.7 Å². The summed E-state index contributed by atoms with van der Waals surface area (Å²) in [5, 5.41) is 50.2. The Labute approximate surface area is 339 Å². The number of nitrogens with one attached hydrogen (secondary N) is 2. The number of fused-ring (bicyclic) bond motifs is 2. The van der Waals surface area contributed by atoms with Crippen LogP contribution in [0.4, 0.5) is 0 Å². The smallest absolute Gasteiger partial charge is 0.164 e. The van der Waals surface area contributed by atoms with Gasteiger partial charge in [0.25, 0.3) is 0 Å². The second-order valence-electron chi connectivity index (χ2n) is 15.3. The molecule has 7 rings (SSSR count). The van der Waals surface area contributed by atoms with Crippen LogP contribution in [0.2, 0.25) is 0 Å². The number of ether oxygens (including phenoxy) is 2. The monoisotopic (exact) mass is 780 g/mol. The molecule has 0 fully saturated rings. The second-order valence-corrected chi connectivity index (χ2v) is 15.3. The van der Waals surface area contributed by atoms with Crippen LogP contribution in [0.25, 0.3) is 10.8 Å². The number of ketones is 1. The number of allylic oxidation sites excluding steroid dienone is 2. The number of Topliss-reactive ketones (excluding diaryl/α,β-unsaturated/α-hetero) is 1. The summed E-state index contributed by atoms with van der Waals surface area (Å²) in [6.07, 6.45) is 8.38. The Morgan fingerprint density at radius 3 is 2.38 bits per heavy atom. The molecule has 0 bridgehead atoms. The fourth-order valence-electron chi connectivity index (χ4n) is 8.96. The molecule has 1 heterocycles. The first-order valence-electron chi connectivity index (χ1n) is 19.9. The molecule has 5 aromatic carbocycles. The Morgan fingerprint density at radius 1 is 0.828 bits per heavy atom. The van der Waals surface area contributed by atoms with Crippen LogP contribution in [-0.2, 0) is 30.6 Å². The minimum Gasteiger partial charge on any atom is -0.508 e. The van der Waals surface area contributed by atoms with Gasteiger partial charge in [-0.3, -0.25) is 4.79 Å². The lowest BCUT2D eigenvalue weighted by atomic mass is 9.69. The molecule has 0 aliphatic heterocycles. The topological polar surface area (TPSA) is 144 Å². The van der Waals surface area contributed by atoms with Gasteiger partial charge in [0.05, 0.1) is 20.3 Å². The van der Waals surface area contributed by atoms with Crippen molar-refractivity contribution in [3.05, 3.63) is 160 Å². The first-order valence-corrected chi connectivity index (χ1v) is 19.9. The number of aromatic hydroxyl groups is 3. The Bertz CT molecular complexity index is 2420. The van der Waals surface area contributed by atoms with E-state index in [0.717, 1.165) is 50.6 Å². The third-order valence-electron chi connectivity index (χ3n) is 11.7. The highest BCUT2D eigenvalue weighted by atomic mass is 16.5. The van der Waals surface area contributed by atoms with Crippen molar-refractivity contribution in [2.24, 2.45) is 5.92 Å². The van der Waals surface area contributed by atoms with Crippen molar-refractivity contribution in [1.82, 2.24) is 10.3 Å². The molecule has 1 aliphatic rings. The van der Waals surface area contributed by atoms with Gasteiger partial charge in [-0.1, -0.05) is 73.7 Å². The zero-order valence-electron chi connectivity index (χ0n) is 33.4. The highest BCUT2D eigenvalue weighted by Gasteiger charge is 2.38. The molecule has 5 atom stereocenters. The van der Waals surface area contributed by atoms with Gasteiger partial charge >= 0.3 is 0 Å². The molecule has 300 valence electrons. The standard InChI is InChI=1S/C49H52N2O7/c1-5-32-11-12-33-8-6-7-9-36(33)47(32)39-14-13-37(38-15-17-43(54)49(58-4)48(38)39)41(23-30-18-19-51-28-30)45(56)26-44(55)40(22-29-10-16-42(53)46(24-29)57-3)34-20-31(27-50-2)21-35(52)25-34/h6-21,24-25,28,37,39-41,45,50-54,56H,5,22-23,26-27H2,1-4H3. The SMILES string of the molecule is CCc1ccc2ccccc2c1C1C=CC(C(Cc2cc[nH]c2)C(O)CC(=O)C(Cc2ccc(O)c(OC)c2)c2cc(O)cc(CNC)c2)c2ccc(O)c(OC)c21. The lowest BCUT2D eigenvalue weighted by Crippen LogP contribution is -2.33. The van der Waals surface area contributed by atoms with Crippen LogP contribution < -0.4 is 14.8 Å². The van der Waals surface area contributed by atoms with Crippen LogP contribution in [0.1, 0.15) is 75.6 Å². The molecule has 0 radical (unpaired) electrons. The van der Waals surface area contributed by atoms with Gasteiger partial charge in [0.15, 0.2) is 23.0 Å². The summed E-state index contributed by atoms with van der Waals surface area (Å²) in [6, 6.07) is 28.4. The maximum absolute atomic E-state index is 14.8. The van der Waals surface area contributed by atoms with Gasteiger partial charge in [-0.25, -0.2) is 0 Å². The van der Waals surface area contributed by atoms with Gasteiger partial charge in [-0.05, 0) is 118 Å². The van der Waals surface area contributed by atoms with Crippen LogP contribution in [0, 0.1) is 5.92 Å². The number of aliphatic hydroxyl groups is 1. The quantitative estimate of drug-likeness (QED) is 0.0537. The van der Waals surface area contributed by atoms with Gasteiger partial charge in [0, 0.05) is 48.7 Å². The van der Waals surface area contributed by atoms with Crippen molar-refractivity contribution in [2.75, 3.05) is 21.3 Å². The van der Waals surface area contributed by atoms with Gasteiger partial charge in [0.1, 0.15) is 11.5 Å². The molecule has 9 nitrogen and oxygen atoms in total. The molecule has 0 saturated heterocycles. The number of hydrogen-bond donors (Lipinski definition) is 6. The van der Waals surface area contributed by atoms with E-state index in [1.54, 1.807) is 43.5 Å². The number of hydrogen-bond acceptors (Lipinski definition) is 8. The van der Waals surface area contributed by atoms with E-state index in [1.807, 2.05) is 49.8 Å². The third-order valence-corrected chi connectivity index (χ3v) is 11.7. The van der Waals surface area contributed by atoms with Crippen molar-refractivity contribution in [3.63, 3.8) is 0 Å². The molecule has 0 spiro atoms. The molecular weight excluding hydrogens is 729 g/mol. The number of benzene rings is 5. The average Bonchev–Trinajstić information content (AvgIpc) is 3.75. The Kier molecular flexibility index (Phi) is 12.2. The molecule has 0 saturated carbocycles. The van der Waals surface area contributed by atoms with E-state index in [0.29, 0.717) is 30.0 Å². The van der Waals surface area contributed by atoms with E-state index in [2.05, 4.69) is 53.6 Å². The highest BCUT2D eigenvalue weighted by molar-refractivity contribution is 5.89. The van der Waals surface area contributed by atoms with Gasteiger partial charge in [-0.2, -0.15) is 0 Å². The Balaban J connectivity index is 1.30. The largest absolute Gasteiger partial charge is 0.508 e. The van der Waals surface area contributed by atoms with Crippen LogP contribution >= 0.6 is 0 Å². The zero-order valence-corrected chi connectivity index (χ0v) is 33.4. The summed E-state index contributed by atoms with van der Waals surface area (Å²) in [5.41, 5.74) is 7.29. The van der Waals surface area contributed by atoms with Crippen molar-refractivity contribution in [3.8, 4) is 28.7 Å². The number of aryl methyl sites for hydroxylation is 1. The minimum atomic E-state index is -1.09. The summed E-state index contributed by atoms with van der Waals surface area (Å²) in [7, 11) is 4.86. The summed E-state index contributed by atoms with van der Waals surface area (Å²) >= 11 is 0. The fourth-order valence-corrected chi connectivity index (χ4v) is 8.96. The number of methoxy groups -OCH3 is 2. The zero-order chi connectivity index (χ0) is 40.9. The normalized spacial score (nSPS) is 16.4. The van der Waals surface area contributed by atoms with Crippen molar-refractivity contribution < 1.29 is 34.7 Å². The Hall–Kier alpha value is -6.03. The van der Waals surface area contributed by atoms with Gasteiger partial charge < -0.3 is 40.2 Å². The minimum absolute atomic E-state index is 0.00909. The molecule has 58 heavy (non-hydrogen) atoms. The number of H-pyrrole nitrogens is 1. The molecule has 5 unspecified atom stereocenters. The average molecular weight is 781 g/mol. The summed E-state index contributed by atoms with van der Waals surface area (Å²) < 4.78 is 11.4. The highest BCUT2D eigenvalue weighted by Crippen LogP contribution is 2.51. The van der Waals surface area contributed by atoms with E-state index in [9.17, 15) is 25.2 Å². The predicted octanol–water partition coefficient (Wildman–Crippen LogP) is 8.57. The predicted molar refractivity (Wildman–Crippen MR) is 227 cm³/mol. The lowest BCUT2D eigenvalue weighted by Gasteiger charge is -2.36. The maximum Gasteiger partial charge on any atom is 0.164 e. The molecule has 6 aromatic rings. The van der Waals surface area contributed by atoms with Crippen molar-refractivity contribution in [1.29, 1.82) is 0 Å². The summed E-state index contributed by atoms with van der Waals surface area (Å²) in [6.45, 7) is 2.64. The number of rotatable bonds is 16. The van der Waals surface area contributed by atoms with Crippen LogP contribution in [-0.4, -0.2) is 58.6 Å². The van der Waals surface area contributed by atoms with Gasteiger partial charge in [-0.15, -0.1) is 0 Å². The van der Waals surface area contributed by atoms with Crippen molar-refractivity contribution in [2.45, 2.75) is 63.0 Å². The molecule has 0 amide bonds. The summed E-state index contributed by atoms with van der Waals surface area (Å²) in [4.78, 5) is 17.9. The first kappa shape index (κ1) is 40.2. The lowest BCUT2D eigenvalue weighted by molar-refractivity contribution is -0.123. The molecule has 1 aromatic heterocycles. The van der Waals surface area contributed by atoms with Crippen LogP contribution in [0.15, 0.2) is 116 Å². The number of carbonyl (C=O) groups is 1. The van der Waals surface area contributed by atoms with E-state index in [1.165, 1.54) is 12.7 Å². The molecule has 1 aliphatic carbocycles. The van der Waals surface area contributed by atoms with E-state index < -0.39 is 17.9 Å². The second kappa shape index (κ2) is 17.6. The van der Waals surface area contributed by atoms with Crippen molar-refractivity contribution >= 4 is 16.6 Å². The van der Waals surface area contributed by atoms with E-state index >= 15 is 0 Å². The fraction of sp³-hybridized carbons (Fsp3) is 0.286. The first-order chi connectivity index (χ1) is 28.1. The maximum atomic E-state index is 14.8.